The van der Waals surface area contributed by atoms with Crippen molar-refractivity contribution in [3.05, 3.63) is 53.6 Å². The summed E-state index contributed by atoms with van der Waals surface area (Å²) in [5, 5.41) is 10.3. The number of rotatable bonds is 5. The van der Waals surface area contributed by atoms with Crippen LogP contribution in [0.4, 0.5) is 5.69 Å². The van der Waals surface area contributed by atoms with Crippen molar-refractivity contribution in [3.63, 3.8) is 0 Å². The van der Waals surface area contributed by atoms with Crippen LogP contribution in [0.5, 0.6) is 11.5 Å². The fourth-order valence-corrected chi connectivity index (χ4v) is 2.11. The van der Waals surface area contributed by atoms with Crippen molar-refractivity contribution in [2.75, 3.05) is 20.0 Å². The highest BCUT2D eigenvalue weighted by molar-refractivity contribution is 5.58. The van der Waals surface area contributed by atoms with Crippen LogP contribution in [0.15, 0.2) is 42.5 Å². The molecule has 0 aliphatic carbocycles. The molecule has 0 fully saturated rings. The molecule has 0 saturated carbocycles. The lowest BCUT2D eigenvalue weighted by Crippen LogP contribution is -2.05. The summed E-state index contributed by atoms with van der Waals surface area (Å²) in [4.78, 5) is 0. The standard InChI is InChI=1S/C16H19NO3/c1-19-15-9-12(13(17)10-16(15)20-2)8-14(18)11-6-4-3-5-7-11/h3-7,9-10,14,18H,8,17H2,1-2H3. The minimum atomic E-state index is -0.600. The van der Waals surface area contributed by atoms with Crippen LogP contribution >= 0.6 is 0 Å². The van der Waals surface area contributed by atoms with Gasteiger partial charge in [-0.3, -0.25) is 0 Å². The van der Waals surface area contributed by atoms with Crippen LogP contribution in [0.2, 0.25) is 0 Å². The molecule has 0 aliphatic heterocycles. The third-order valence-corrected chi connectivity index (χ3v) is 3.24. The van der Waals surface area contributed by atoms with Crippen LogP contribution in [0, 0.1) is 0 Å². The van der Waals surface area contributed by atoms with Crippen LogP contribution in [-0.4, -0.2) is 19.3 Å². The van der Waals surface area contributed by atoms with Gasteiger partial charge in [0, 0.05) is 18.2 Å². The van der Waals surface area contributed by atoms with Gasteiger partial charge in [-0.05, 0) is 17.2 Å². The average molecular weight is 273 g/mol. The molecule has 1 unspecified atom stereocenters. The molecule has 2 aromatic rings. The molecular weight excluding hydrogens is 254 g/mol. The maximum Gasteiger partial charge on any atom is 0.162 e. The summed E-state index contributed by atoms with van der Waals surface area (Å²) in [6.07, 6.45) is -0.174. The first-order valence-corrected chi connectivity index (χ1v) is 6.39. The Bertz CT molecular complexity index is 569. The summed E-state index contributed by atoms with van der Waals surface area (Å²) in [5.74, 6) is 1.19. The topological polar surface area (TPSA) is 64.7 Å². The van der Waals surface area contributed by atoms with E-state index >= 15 is 0 Å². The van der Waals surface area contributed by atoms with Gasteiger partial charge in [0.25, 0.3) is 0 Å². The van der Waals surface area contributed by atoms with E-state index in [9.17, 15) is 5.11 Å². The van der Waals surface area contributed by atoms with Crippen LogP contribution in [0.3, 0.4) is 0 Å². The Balaban J connectivity index is 2.25. The molecule has 4 nitrogen and oxygen atoms in total. The Morgan fingerprint density at radius 1 is 1.05 bits per heavy atom. The van der Waals surface area contributed by atoms with Crippen molar-refractivity contribution in [2.45, 2.75) is 12.5 Å². The van der Waals surface area contributed by atoms with Gasteiger partial charge in [0.1, 0.15) is 0 Å². The van der Waals surface area contributed by atoms with E-state index in [2.05, 4.69) is 0 Å². The lowest BCUT2D eigenvalue weighted by Gasteiger charge is -2.15. The summed E-state index contributed by atoms with van der Waals surface area (Å²) < 4.78 is 10.5. The number of nitrogens with two attached hydrogens (primary N) is 1. The lowest BCUT2D eigenvalue weighted by atomic mass is 10.00. The highest BCUT2D eigenvalue weighted by atomic mass is 16.5. The minimum absolute atomic E-state index is 0.427. The smallest absolute Gasteiger partial charge is 0.162 e. The largest absolute Gasteiger partial charge is 0.493 e. The van der Waals surface area contributed by atoms with E-state index in [1.54, 1.807) is 26.4 Å². The van der Waals surface area contributed by atoms with Gasteiger partial charge >= 0.3 is 0 Å². The molecule has 20 heavy (non-hydrogen) atoms. The highest BCUT2D eigenvalue weighted by Gasteiger charge is 2.14. The number of methoxy groups -OCH3 is 2. The Kier molecular flexibility index (Phi) is 4.48. The highest BCUT2D eigenvalue weighted by Crippen LogP contribution is 2.33. The van der Waals surface area contributed by atoms with E-state index in [-0.39, 0.29) is 0 Å². The zero-order valence-electron chi connectivity index (χ0n) is 11.7. The van der Waals surface area contributed by atoms with Gasteiger partial charge in [0.2, 0.25) is 0 Å². The van der Waals surface area contributed by atoms with Crippen LogP contribution in [-0.2, 0) is 6.42 Å². The summed E-state index contributed by atoms with van der Waals surface area (Å²) in [6.45, 7) is 0. The molecule has 0 aliphatic rings. The number of benzene rings is 2. The molecule has 4 heteroatoms. The van der Waals surface area contributed by atoms with Gasteiger partial charge in [-0.15, -0.1) is 0 Å². The van der Waals surface area contributed by atoms with Crippen molar-refractivity contribution in [3.8, 4) is 11.5 Å². The normalized spacial score (nSPS) is 11.9. The first-order valence-electron chi connectivity index (χ1n) is 6.39. The fourth-order valence-electron chi connectivity index (χ4n) is 2.11. The van der Waals surface area contributed by atoms with Gasteiger partial charge in [0.05, 0.1) is 20.3 Å². The molecule has 106 valence electrons. The number of hydrogen-bond donors (Lipinski definition) is 2. The quantitative estimate of drug-likeness (QED) is 0.822. The Morgan fingerprint density at radius 3 is 2.25 bits per heavy atom. The van der Waals surface area contributed by atoms with Crippen molar-refractivity contribution in [1.29, 1.82) is 0 Å². The summed E-state index contributed by atoms with van der Waals surface area (Å²) >= 11 is 0. The monoisotopic (exact) mass is 273 g/mol. The van der Waals surface area contributed by atoms with E-state index in [1.807, 2.05) is 30.3 Å². The van der Waals surface area contributed by atoms with Gasteiger partial charge in [0.15, 0.2) is 11.5 Å². The molecule has 0 aromatic heterocycles. The van der Waals surface area contributed by atoms with E-state index < -0.39 is 6.10 Å². The Hall–Kier alpha value is -2.20. The van der Waals surface area contributed by atoms with Crippen LogP contribution in [0.25, 0.3) is 0 Å². The minimum Gasteiger partial charge on any atom is -0.493 e. The molecule has 2 rings (SSSR count). The third-order valence-electron chi connectivity index (χ3n) is 3.24. The lowest BCUT2D eigenvalue weighted by molar-refractivity contribution is 0.178. The third kappa shape index (κ3) is 3.03. The number of nitrogen functional groups attached to an aromatic ring is 1. The van der Waals surface area contributed by atoms with Crippen LogP contribution < -0.4 is 15.2 Å². The second kappa shape index (κ2) is 6.30. The molecule has 0 amide bonds. The second-order valence-corrected chi connectivity index (χ2v) is 4.54. The van der Waals surface area contributed by atoms with Crippen molar-refractivity contribution in [1.82, 2.24) is 0 Å². The Morgan fingerprint density at radius 2 is 1.65 bits per heavy atom. The molecule has 0 bridgehead atoms. The SMILES string of the molecule is COc1cc(N)c(CC(O)c2ccccc2)cc1OC. The zero-order chi connectivity index (χ0) is 14.5. The van der Waals surface area contributed by atoms with E-state index in [0.29, 0.717) is 23.6 Å². The number of anilines is 1. The van der Waals surface area contributed by atoms with Gasteiger partial charge in [-0.2, -0.15) is 0 Å². The Labute approximate surface area is 118 Å². The molecule has 0 heterocycles. The van der Waals surface area contributed by atoms with Crippen molar-refractivity contribution < 1.29 is 14.6 Å². The van der Waals surface area contributed by atoms with Gasteiger partial charge in [-0.1, -0.05) is 30.3 Å². The molecular formula is C16H19NO3. The van der Waals surface area contributed by atoms with Crippen molar-refractivity contribution >= 4 is 5.69 Å². The maximum absolute atomic E-state index is 10.3. The summed E-state index contributed by atoms with van der Waals surface area (Å²) in [7, 11) is 3.14. The predicted octanol–water partition coefficient (Wildman–Crippen LogP) is 2.56. The molecule has 3 N–H and O–H groups in total. The van der Waals surface area contributed by atoms with E-state index in [0.717, 1.165) is 11.1 Å². The predicted molar refractivity (Wildman–Crippen MR) is 79.1 cm³/mol. The van der Waals surface area contributed by atoms with Gasteiger partial charge < -0.3 is 20.3 Å². The first kappa shape index (κ1) is 14.2. The van der Waals surface area contributed by atoms with E-state index in [4.69, 9.17) is 15.2 Å². The number of ether oxygens (including phenoxy) is 2. The second-order valence-electron chi connectivity index (χ2n) is 4.54. The number of aliphatic hydroxyl groups is 1. The maximum atomic E-state index is 10.3. The first-order chi connectivity index (χ1) is 9.65. The fraction of sp³-hybridized carbons (Fsp3) is 0.250. The number of aliphatic hydroxyl groups excluding tert-OH is 1. The molecule has 0 radical (unpaired) electrons. The molecule has 0 spiro atoms. The number of hydrogen-bond acceptors (Lipinski definition) is 4. The van der Waals surface area contributed by atoms with Crippen molar-refractivity contribution in [2.24, 2.45) is 0 Å². The van der Waals surface area contributed by atoms with Gasteiger partial charge in [-0.25, -0.2) is 0 Å². The molecule has 2 aromatic carbocycles. The summed E-state index contributed by atoms with van der Waals surface area (Å²) in [5.41, 5.74) is 8.28. The van der Waals surface area contributed by atoms with E-state index in [1.165, 1.54) is 0 Å². The average Bonchev–Trinajstić information content (AvgIpc) is 2.49. The zero-order valence-corrected chi connectivity index (χ0v) is 11.7. The molecule has 1 atom stereocenters. The summed E-state index contributed by atoms with van der Waals surface area (Å²) in [6, 6.07) is 13.0. The molecule has 0 saturated heterocycles. The van der Waals surface area contributed by atoms with Crippen LogP contribution in [0.1, 0.15) is 17.2 Å².